The van der Waals surface area contributed by atoms with Gasteiger partial charge in [-0.05, 0) is 31.6 Å². The summed E-state index contributed by atoms with van der Waals surface area (Å²) in [6.45, 7) is 4.96. The fourth-order valence-electron chi connectivity index (χ4n) is 3.33. The van der Waals surface area contributed by atoms with Crippen molar-refractivity contribution in [3.05, 3.63) is 10.6 Å². The number of nitrogens with zero attached hydrogens (tertiary/aromatic N) is 2. The van der Waals surface area contributed by atoms with Gasteiger partial charge in [-0.1, -0.05) is 13.3 Å². The van der Waals surface area contributed by atoms with E-state index in [1.54, 1.807) is 4.68 Å². The lowest BCUT2D eigenvalue weighted by Gasteiger charge is -2.10. The summed E-state index contributed by atoms with van der Waals surface area (Å²) in [6.07, 6.45) is 3.70. The summed E-state index contributed by atoms with van der Waals surface area (Å²) < 4.78 is 1.79. The van der Waals surface area contributed by atoms with E-state index in [1.165, 1.54) is 30.6 Å². The van der Waals surface area contributed by atoms with Crippen LogP contribution in [0.4, 0.5) is 5.69 Å². The van der Waals surface area contributed by atoms with Crippen LogP contribution >= 0.6 is 11.3 Å². The number of amides is 1. The third kappa shape index (κ3) is 2.52. The van der Waals surface area contributed by atoms with Crippen molar-refractivity contribution < 1.29 is 4.79 Å². The predicted molar refractivity (Wildman–Crippen MR) is 86.6 cm³/mol. The fourth-order valence-corrected chi connectivity index (χ4v) is 4.43. The first-order chi connectivity index (χ1) is 9.97. The average Bonchev–Trinajstić information content (AvgIpc) is 3.06. The minimum Gasteiger partial charge on any atom is -0.397 e. The van der Waals surface area contributed by atoms with Crippen molar-refractivity contribution in [1.29, 1.82) is 0 Å². The Bertz CT molecular complexity index is 687. The number of anilines is 1. The molecule has 0 spiro atoms. The molecule has 2 heterocycles. The molecule has 0 saturated heterocycles. The van der Waals surface area contributed by atoms with Gasteiger partial charge in [-0.2, -0.15) is 5.10 Å². The molecule has 1 aliphatic rings. The van der Waals surface area contributed by atoms with Gasteiger partial charge in [0.25, 0.3) is 5.91 Å². The Hall–Kier alpha value is -1.56. The molecule has 0 radical (unpaired) electrons. The number of nitrogens with one attached hydrogen (secondary N) is 1. The van der Waals surface area contributed by atoms with Crippen molar-refractivity contribution in [2.24, 2.45) is 18.9 Å². The van der Waals surface area contributed by atoms with Crippen LogP contribution in [0.15, 0.2) is 0 Å². The van der Waals surface area contributed by atoms with Gasteiger partial charge < -0.3 is 11.1 Å². The van der Waals surface area contributed by atoms with Crippen molar-refractivity contribution in [2.75, 3.05) is 12.3 Å². The second-order valence-corrected chi connectivity index (χ2v) is 7.23. The van der Waals surface area contributed by atoms with Gasteiger partial charge in [-0.15, -0.1) is 11.3 Å². The quantitative estimate of drug-likeness (QED) is 0.915. The maximum absolute atomic E-state index is 12.4. The first-order valence-electron chi connectivity index (χ1n) is 7.47. The normalized spacial score (nSPS) is 22.0. The van der Waals surface area contributed by atoms with Gasteiger partial charge in [-0.3, -0.25) is 9.48 Å². The molecule has 0 aromatic carbocycles. The van der Waals surface area contributed by atoms with Crippen LogP contribution < -0.4 is 11.1 Å². The van der Waals surface area contributed by atoms with E-state index >= 15 is 0 Å². The highest BCUT2D eigenvalue weighted by Gasteiger charge is 2.24. The lowest BCUT2D eigenvalue weighted by atomic mass is 10.1. The molecule has 1 aliphatic carbocycles. The summed E-state index contributed by atoms with van der Waals surface area (Å²) in [5.74, 6) is 1.35. The number of fused-ring (bicyclic) bond motifs is 1. The lowest BCUT2D eigenvalue weighted by Crippen LogP contribution is -2.28. The molecular weight excluding hydrogens is 284 g/mol. The highest BCUT2D eigenvalue weighted by Crippen LogP contribution is 2.35. The Balaban J connectivity index is 1.75. The molecule has 1 amide bonds. The van der Waals surface area contributed by atoms with Crippen LogP contribution in [0.25, 0.3) is 10.2 Å². The lowest BCUT2D eigenvalue weighted by molar-refractivity contribution is 0.0952. The van der Waals surface area contributed by atoms with E-state index in [9.17, 15) is 4.79 Å². The molecule has 1 saturated carbocycles. The maximum Gasteiger partial charge on any atom is 0.263 e. The number of nitrogen functional groups attached to an aromatic ring is 1. The highest BCUT2D eigenvalue weighted by molar-refractivity contribution is 7.21. The van der Waals surface area contributed by atoms with Gasteiger partial charge >= 0.3 is 0 Å². The highest BCUT2D eigenvalue weighted by atomic mass is 32.1. The number of carbonyl (C=O) groups excluding carboxylic acids is 1. The molecule has 2 aromatic heterocycles. The molecule has 2 unspecified atom stereocenters. The molecule has 5 nitrogen and oxygen atoms in total. The van der Waals surface area contributed by atoms with Crippen LogP contribution in [-0.2, 0) is 7.05 Å². The standard InChI is InChI=1S/C15H22N4OS/c1-8-4-5-10(6-8)7-17-14(20)13-12(16)11-9(2)18-19(3)15(11)21-13/h8,10H,4-7,16H2,1-3H3,(H,17,20). The number of aryl methyl sites for hydroxylation is 2. The van der Waals surface area contributed by atoms with Crippen LogP contribution in [0.1, 0.15) is 41.6 Å². The van der Waals surface area contributed by atoms with Gasteiger partial charge in [0.05, 0.1) is 16.8 Å². The predicted octanol–water partition coefficient (Wildman–Crippen LogP) is 2.69. The van der Waals surface area contributed by atoms with E-state index < -0.39 is 0 Å². The van der Waals surface area contributed by atoms with E-state index in [4.69, 9.17) is 5.73 Å². The van der Waals surface area contributed by atoms with Crippen molar-refractivity contribution in [1.82, 2.24) is 15.1 Å². The number of hydrogen-bond acceptors (Lipinski definition) is 4. The van der Waals surface area contributed by atoms with E-state index in [2.05, 4.69) is 17.3 Å². The second-order valence-electron chi connectivity index (χ2n) is 6.23. The minimum absolute atomic E-state index is 0.0485. The molecule has 3 rings (SSSR count). The largest absolute Gasteiger partial charge is 0.397 e. The minimum atomic E-state index is -0.0485. The van der Waals surface area contributed by atoms with Crippen LogP contribution in [0.5, 0.6) is 0 Å². The molecule has 2 atom stereocenters. The average molecular weight is 306 g/mol. The molecule has 3 N–H and O–H groups in total. The van der Waals surface area contributed by atoms with E-state index in [0.29, 0.717) is 16.5 Å². The summed E-state index contributed by atoms with van der Waals surface area (Å²) in [4.78, 5) is 14.0. The number of rotatable bonds is 3. The summed E-state index contributed by atoms with van der Waals surface area (Å²) in [7, 11) is 1.88. The number of carbonyl (C=O) groups is 1. The van der Waals surface area contributed by atoms with Crippen LogP contribution in [0.2, 0.25) is 0 Å². The third-order valence-corrected chi connectivity index (χ3v) is 5.71. The van der Waals surface area contributed by atoms with Crippen LogP contribution in [0, 0.1) is 18.8 Å². The number of thiophene rings is 1. The summed E-state index contributed by atoms with van der Waals surface area (Å²) in [5.41, 5.74) is 7.60. The summed E-state index contributed by atoms with van der Waals surface area (Å²) in [5, 5.41) is 8.32. The first kappa shape index (κ1) is 14.4. The second kappa shape index (κ2) is 5.33. The number of hydrogen-bond donors (Lipinski definition) is 2. The van der Waals surface area contributed by atoms with Gasteiger partial charge in [0.1, 0.15) is 9.71 Å². The zero-order valence-electron chi connectivity index (χ0n) is 12.8. The van der Waals surface area contributed by atoms with E-state index in [0.717, 1.165) is 28.4 Å². The van der Waals surface area contributed by atoms with Crippen molar-refractivity contribution in [2.45, 2.75) is 33.1 Å². The van der Waals surface area contributed by atoms with Crippen molar-refractivity contribution >= 4 is 33.1 Å². The number of aromatic nitrogens is 2. The van der Waals surface area contributed by atoms with Crippen molar-refractivity contribution in [3.8, 4) is 0 Å². The molecular formula is C15H22N4OS. The fraction of sp³-hybridized carbons (Fsp3) is 0.600. The molecule has 2 aromatic rings. The topological polar surface area (TPSA) is 72.9 Å². The summed E-state index contributed by atoms with van der Waals surface area (Å²) >= 11 is 1.43. The summed E-state index contributed by atoms with van der Waals surface area (Å²) in [6, 6.07) is 0. The van der Waals surface area contributed by atoms with Gasteiger partial charge in [0, 0.05) is 13.6 Å². The molecule has 1 fully saturated rings. The molecule has 6 heteroatoms. The zero-order valence-corrected chi connectivity index (χ0v) is 13.6. The van der Waals surface area contributed by atoms with Gasteiger partial charge in [-0.25, -0.2) is 0 Å². The SMILES string of the molecule is Cc1nn(C)c2sc(C(=O)NCC3CCC(C)C3)c(N)c12. The Kier molecular flexibility index (Phi) is 3.65. The number of nitrogens with two attached hydrogens (primary N) is 1. The van der Waals surface area contributed by atoms with Crippen LogP contribution in [-0.4, -0.2) is 22.2 Å². The van der Waals surface area contributed by atoms with Gasteiger partial charge in [0.15, 0.2) is 0 Å². The Morgan fingerprint density at radius 1 is 1.52 bits per heavy atom. The Labute approximate surface area is 128 Å². The van der Waals surface area contributed by atoms with Gasteiger partial charge in [0.2, 0.25) is 0 Å². The first-order valence-corrected chi connectivity index (χ1v) is 8.28. The zero-order chi connectivity index (χ0) is 15.1. The monoisotopic (exact) mass is 306 g/mol. The molecule has 0 aliphatic heterocycles. The molecule has 21 heavy (non-hydrogen) atoms. The molecule has 114 valence electrons. The van der Waals surface area contributed by atoms with Crippen molar-refractivity contribution in [3.63, 3.8) is 0 Å². The van der Waals surface area contributed by atoms with E-state index in [1.807, 2.05) is 14.0 Å². The van der Waals surface area contributed by atoms with Crippen LogP contribution in [0.3, 0.4) is 0 Å². The maximum atomic E-state index is 12.4. The Morgan fingerprint density at radius 2 is 2.29 bits per heavy atom. The smallest absolute Gasteiger partial charge is 0.263 e. The molecule has 0 bridgehead atoms. The third-order valence-electron chi connectivity index (χ3n) is 4.44. The van der Waals surface area contributed by atoms with E-state index in [-0.39, 0.29) is 5.91 Å². The Morgan fingerprint density at radius 3 is 2.90 bits per heavy atom.